The number of amides is 1. The predicted octanol–water partition coefficient (Wildman–Crippen LogP) is 4.84. The third kappa shape index (κ3) is 3.39. The van der Waals surface area contributed by atoms with E-state index in [1.54, 1.807) is 6.92 Å². The molecule has 2 aromatic heterocycles. The molecule has 2 heterocycles. The minimum absolute atomic E-state index is 0.168. The first-order valence-electron chi connectivity index (χ1n) is 9.29. The lowest BCUT2D eigenvalue weighted by atomic mass is 10.00. The number of hydrogen-bond donors (Lipinski definition) is 2. The monoisotopic (exact) mass is 390 g/mol. The van der Waals surface area contributed by atoms with E-state index in [4.69, 9.17) is 0 Å². The van der Waals surface area contributed by atoms with Gasteiger partial charge < -0.3 is 10.4 Å². The number of rotatable bonds is 4. The fourth-order valence-electron chi connectivity index (χ4n) is 3.33. The number of aryl methyl sites for hydroxylation is 2. The van der Waals surface area contributed by atoms with Crippen molar-refractivity contribution in [1.29, 1.82) is 0 Å². The summed E-state index contributed by atoms with van der Waals surface area (Å²) in [5, 5.41) is 14.4. The molecular weight excluding hydrogens is 368 g/mol. The Bertz CT molecular complexity index is 1180. The second-order valence-corrected chi connectivity index (χ2v) is 8.27. The summed E-state index contributed by atoms with van der Waals surface area (Å²) < 4.78 is 1.06. The Morgan fingerprint density at radius 1 is 1.11 bits per heavy atom. The molecule has 5 heteroatoms. The standard InChI is InChI=1S/C23H22N2O2S/c1-13-4-7-16(8-5-13)20-18-12-24-19-9-6-14(2)10-17(19)21(18)28-22(20)23(27)25-11-15(3)26/h4-10,12,15,26H,11H2,1-3H3,(H,25,27). The first-order valence-corrected chi connectivity index (χ1v) is 10.1. The van der Waals surface area contributed by atoms with Crippen molar-refractivity contribution in [3.63, 3.8) is 0 Å². The summed E-state index contributed by atoms with van der Waals surface area (Å²) in [6, 6.07) is 14.4. The maximum atomic E-state index is 13.0. The van der Waals surface area contributed by atoms with Crippen molar-refractivity contribution in [2.24, 2.45) is 0 Å². The zero-order valence-corrected chi connectivity index (χ0v) is 16.9. The quantitative estimate of drug-likeness (QED) is 0.524. The number of thiophene rings is 1. The maximum Gasteiger partial charge on any atom is 0.262 e. The van der Waals surface area contributed by atoms with E-state index in [0.29, 0.717) is 4.88 Å². The average Bonchev–Trinajstić information content (AvgIpc) is 3.07. The number of aromatic nitrogens is 1. The van der Waals surface area contributed by atoms with E-state index in [1.807, 2.05) is 37.4 Å². The number of pyridine rings is 1. The summed E-state index contributed by atoms with van der Waals surface area (Å²) in [6.07, 6.45) is 1.27. The second kappa shape index (κ2) is 7.34. The molecule has 4 rings (SSSR count). The van der Waals surface area contributed by atoms with Crippen LogP contribution in [0.25, 0.3) is 32.1 Å². The molecule has 0 aliphatic heterocycles. The van der Waals surface area contributed by atoms with Gasteiger partial charge in [-0.15, -0.1) is 11.3 Å². The molecule has 28 heavy (non-hydrogen) atoms. The van der Waals surface area contributed by atoms with Crippen LogP contribution in [0.5, 0.6) is 0 Å². The summed E-state index contributed by atoms with van der Waals surface area (Å²) >= 11 is 1.49. The highest BCUT2D eigenvalue weighted by Gasteiger charge is 2.21. The van der Waals surface area contributed by atoms with Gasteiger partial charge in [0.1, 0.15) is 4.88 Å². The van der Waals surface area contributed by atoms with Crippen molar-refractivity contribution in [2.45, 2.75) is 26.9 Å². The molecule has 142 valence electrons. The van der Waals surface area contributed by atoms with Crippen molar-refractivity contribution in [2.75, 3.05) is 6.54 Å². The molecule has 0 aliphatic carbocycles. The zero-order chi connectivity index (χ0) is 19.8. The highest BCUT2D eigenvalue weighted by Crippen LogP contribution is 2.41. The van der Waals surface area contributed by atoms with E-state index < -0.39 is 6.10 Å². The molecule has 2 aromatic carbocycles. The Morgan fingerprint density at radius 2 is 1.82 bits per heavy atom. The average molecular weight is 391 g/mol. The van der Waals surface area contributed by atoms with Gasteiger partial charge in [-0.05, 0) is 38.5 Å². The lowest BCUT2D eigenvalue weighted by Gasteiger charge is -2.08. The highest BCUT2D eigenvalue weighted by molar-refractivity contribution is 7.22. The first-order chi connectivity index (χ1) is 13.4. The molecule has 0 saturated heterocycles. The van der Waals surface area contributed by atoms with Crippen LogP contribution >= 0.6 is 11.3 Å². The van der Waals surface area contributed by atoms with Crippen LogP contribution in [0.15, 0.2) is 48.7 Å². The number of carbonyl (C=O) groups excluding carboxylic acids is 1. The van der Waals surface area contributed by atoms with Crippen LogP contribution in [0.1, 0.15) is 27.7 Å². The number of benzene rings is 2. The smallest absolute Gasteiger partial charge is 0.262 e. The fraction of sp³-hybridized carbons (Fsp3) is 0.217. The van der Waals surface area contributed by atoms with E-state index in [0.717, 1.165) is 37.7 Å². The molecule has 0 spiro atoms. The summed E-state index contributed by atoms with van der Waals surface area (Å²) in [6.45, 7) is 5.98. The lowest BCUT2D eigenvalue weighted by molar-refractivity contribution is 0.0928. The molecule has 0 fully saturated rings. The topological polar surface area (TPSA) is 62.2 Å². The molecule has 4 aromatic rings. The molecular formula is C23H22N2O2S. The minimum Gasteiger partial charge on any atom is -0.392 e. The Kier molecular flexibility index (Phi) is 4.87. The van der Waals surface area contributed by atoms with E-state index >= 15 is 0 Å². The number of aliphatic hydroxyl groups is 1. The molecule has 2 N–H and O–H groups in total. The Hall–Kier alpha value is -2.76. The molecule has 1 atom stereocenters. The second-order valence-electron chi connectivity index (χ2n) is 7.25. The summed E-state index contributed by atoms with van der Waals surface area (Å²) in [7, 11) is 0. The minimum atomic E-state index is -0.591. The third-order valence-corrected chi connectivity index (χ3v) is 6.02. The van der Waals surface area contributed by atoms with Crippen LogP contribution in [0.3, 0.4) is 0 Å². The van der Waals surface area contributed by atoms with Crippen LogP contribution in [0.4, 0.5) is 0 Å². The summed E-state index contributed by atoms with van der Waals surface area (Å²) in [5.41, 5.74) is 5.15. The molecule has 4 nitrogen and oxygen atoms in total. The van der Waals surface area contributed by atoms with E-state index in [1.165, 1.54) is 16.9 Å². The molecule has 0 bridgehead atoms. The molecule has 1 unspecified atom stereocenters. The van der Waals surface area contributed by atoms with Gasteiger partial charge in [0, 0.05) is 33.8 Å². The van der Waals surface area contributed by atoms with Crippen LogP contribution in [-0.2, 0) is 0 Å². The number of aliphatic hydroxyl groups excluding tert-OH is 1. The molecule has 0 aliphatic rings. The number of carbonyl (C=O) groups is 1. The Morgan fingerprint density at radius 3 is 2.54 bits per heavy atom. The third-order valence-electron chi connectivity index (χ3n) is 4.78. The maximum absolute atomic E-state index is 13.0. The zero-order valence-electron chi connectivity index (χ0n) is 16.1. The molecule has 0 radical (unpaired) electrons. The van der Waals surface area contributed by atoms with Crippen molar-refractivity contribution < 1.29 is 9.90 Å². The predicted molar refractivity (Wildman–Crippen MR) is 116 cm³/mol. The number of nitrogens with one attached hydrogen (secondary N) is 1. The van der Waals surface area contributed by atoms with Gasteiger partial charge in [0.15, 0.2) is 0 Å². The van der Waals surface area contributed by atoms with E-state index in [9.17, 15) is 9.90 Å². The number of nitrogens with zero attached hydrogens (tertiary/aromatic N) is 1. The van der Waals surface area contributed by atoms with Gasteiger partial charge in [0.25, 0.3) is 5.91 Å². The van der Waals surface area contributed by atoms with Crippen LogP contribution < -0.4 is 5.32 Å². The van der Waals surface area contributed by atoms with Gasteiger partial charge in [0.2, 0.25) is 0 Å². The SMILES string of the molecule is Cc1ccc(-c2c(C(=O)NCC(C)O)sc3c2cnc2ccc(C)cc23)cc1. The largest absolute Gasteiger partial charge is 0.392 e. The van der Waals surface area contributed by atoms with Crippen LogP contribution in [0, 0.1) is 13.8 Å². The summed E-state index contributed by atoms with van der Waals surface area (Å²) in [4.78, 5) is 18.2. The van der Waals surface area contributed by atoms with Gasteiger partial charge in [-0.1, -0.05) is 41.5 Å². The molecule has 0 saturated carbocycles. The van der Waals surface area contributed by atoms with Crippen molar-refractivity contribution in [3.8, 4) is 11.1 Å². The van der Waals surface area contributed by atoms with E-state index in [2.05, 4.69) is 35.4 Å². The normalized spacial score (nSPS) is 12.4. The van der Waals surface area contributed by atoms with Gasteiger partial charge in [-0.2, -0.15) is 0 Å². The number of fused-ring (bicyclic) bond motifs is 3. The van der Waals surface area contributed by atoms with Crippen molar-refractivity contribution >= 4 is 38.2 Å². The van der Waals surface area contributed by atoms with Crippen LogP contribution in [0.2, 0.25) is 0 Å². The highest BCUT2D eigenvalue weighted by atomic mass is 32.1. The Balaban J connectivity index is 1.98. The van der Waals surface area contributed by atoms with Gasteiger partial charge in [-0.3, -0.25) is 9.78 Å². The number of hydrogen-bond acceptors (Lipinski definition) is 4. The lowest BCUT2D eigenvalue weighted by Crippen LogP contribution is -2.30. The van der Waals surface area contributed by atoms with Gasteiger partial charge in [-0.25, -0.2) is 0 Å². The van der Waals surface area contributed by atoms with Crippen LogP contribution in [-0.4, -0.2) is 28.6 Å². The summed E-state index contributed by atoms with van der Waals surface area (Å²) in [5.74, 6) is -0.168. The first kappa shape index (κ1) is 18.6. The fourth-order valence-corrected chi connectivity index (χ4v) is 4.57. The molecule has 1 amide bonds. The van der Waals surface area contributed by atoms with Crippen molar-refractivity contribution in [1.82, 2.24) is 10.3 Å². The van der Waals surface area contributed by atoms with E-state index in [-0.39, 0.29) is 12.5 Å². The van der Waals surface area contributed by atoms with Crippen molar-refractivity contribution in [3.05, 3.63) is 64.7 Å². The van der Waals surface area contributed by atoms with Gasteiger partial charge >= 0.3 is 0 Å². The van der Waals surface area contributed by atoms with Gasteiger partial charge in [0.05, 0.1) is 11.6 Å². The Labute approximate surface area is 167 Å².